The Labute approximate surface area is 232 Å². The number of phenolic OH excluding ortho intramolecular Hbond substituents is 1. The van der Waals surface area contributed by atoms with Crippen molar-refractivity contribution in [3.05, 3.63) is 69.2 Å². The molecule has 210 valence electrons. The number of rotatable bonds is 13. The van der Waals surface area contributed by atoms with Gasteiger partial charge in [0.25, 0.3) is 0 Å². The van der Waals surface area contributed by atoms with Gasteiger partial charge in [0.1, 0.15) is 22.2 Å². The molecule has 0 fully saturated rings. The molecule has 0 spiro atoms. The van der Waals surface area contributed by atoms with E-state index in [-0.39, 0.29) is 48.1 Å². The SMILES string of the molecule is CCC(Oc1cc(C(C)C)ccc1CCN(Cc1csc(C)n1)S(=O)(=O)c1cc(C(=N)N)ccc1O)C(=O)O. The number of sulfonamides is 1. The van der Waals surface area contributed by atoms with Crippen molar-refractivity contribution in [2.24, 2.45) is 5.73 Å². The maximum atomic E-state index is 13.8. The third-order valence-electron chi connectivity index (χ3n) is 6.20. The monoisotopic (exact) mass is 574 g/mol. The maximum Gasteiger partial charge on any atom is 0.344 e. The van der Waals surface area contributed by atoms with Gasteiger partial charge in [-0.3, -0.25) is 5.41 Å². The van der Waals surface area contributed by atoms with Crippen molar-refractivity contribution in [3.63, 3.8) is 0 Å². The first kappa shape index (κ1) is 30.1. The standard InChI is InChI=1S/C27H34N4O6S2/c1-5-23(27(33)34)37-24-12-19(16(2)3)7-6-18(24)10-11-31(14-21-15-38-17(4)30-21)39(35,36)25-13-20(26(28)29)8-9-22(25)32/h6-9,12-13,15-16,23,32H,5,10-11,14H2,1-4H3,(H3,28,29)(H,33,34). The number of carboxylic acids is 1. The average Bonchev–Trinajstić information content (AvgIpc) is 3.29. The van der Waals surface area contributed by atoms with Gasteiger partial charge in [0.2, 0.25) is 10.0 Å². The number of hydrogen-bond donors (Lipinski definition) is 4. The lowest BCUT2D eigenvalue weighted by atomic mass is 9.99. The zero-order valence-corrected chi connectivity index (χ0v) is 24.0. The largest absolute Gasteiger partial charge is 0.507 e. The van der Waals surface area contributed by atoms with Gasteiger partial charge in [-0.25, -0.2) is 18.2 Å². The third-order valence-corrected chi connectivity index (χ3v) is 8.89. The van der Waals surface area contributed by atoms with Crippen LogP contribution in [0.15, 0.2) is 46.7 Å². The van der Waals surface area contributed by atoms with Crippen LogP contribution in [0, 0.1) is 12.3 Å². The van der Waals surface area contributed by atoms with E-state index < -0.39 is 27.8 Å². The number of carbonyl (C=O) groups is 1. The number of nitrogens with one attached hydrogen (secondary N) is 1. The highest BCUT2D eigenvalue weighted by molar-refractivity contribution is 7.89. The molecule has 0 saturated carbocycles. The molecule has 0 aliphatic rings. The first-order chi connectivity index (χ1) is 18.3. The molecule has 1 heterocycles. The van der Waals surface area contributed by atoms with E-state index in [9.17, 15) is 23.4 Å². The summed E-state index contributed by atoms with van der Waals surface area (Å²) in [5.41, 5.74) is 7.88. The minimum absolute atomic E-state index is 0.0100. The first-order valence-electron chi connectivity index (χ1n) is 12.4. The number of phenols is 1. The van der Waals surface area contributed by atoms with Crippen molar-refractivity contribution in [2.75, 3.05) is 6.54 Å². The molecule has 0 saturated heterocycles. The lowest BCUT2D eigenvalue weighted by Gasteiger charge is -2.24. The van der Waals surface area contributed by atoms with Crippen LogP contribution in [0.2, 0.25) is 0 Å². The van der Waals surface area contributed by atoms with Gasteiger partial charge >= 0.3 is 5.97 Å². The van der Waals surface area contributed by atoms with Gasteiger partial charge in [0.15, 0.2) is 6.10 Å². The number of ether oxygens (including phenoxy) is 1. The topological polar surface area (TPSA) is 167 Å². The molecule has 0 amide bonds. The molecule has 3 rings (SSSR count). The van der Waals surface area contributed by atoms with Crippen molar-refractivity contribution >= 4 is 33.2 Å². The fraction of sp³-hybridized carbons (Fsp3) is 0.370. The fourth-order valence-electron chi connectivity index (χ4n) is 3.93. The summed E-state index contributed by atoms with van der Waals surface area (Å²) in [4.78, 5) is 15.7. The van der Waals surface area contributed by atoms with Crippen LogP contribution >= 0.6 is 11.3 Å². The van der Waals surface area contributed by atoms with E-state index in [1.54, 1.807) is 18.4 Å². The minimum atomic E-state index is -4.26. The van der Waals surface area contributed by atoms with E-state index in [1.165, 1.54) is 33.8 Å². The van der Waals surface area contributed by atoms with Crippen LogP contribution < -0.4 is 10.5 Å². The molecular weight excluding hydrogens is 540 g/mol. The number of amidine groups is 1. The summed E-state index contributed by atoms with van der Waals surface area (Å²) in [5, 5.41) is 30.2. The predicted octanol–water partition coefficient (Wildman–Crippen LogP) is 4.24. The Morgan fingerprint density at radius 1 is 1.23 bits per heavy atom. The van der Waals surface area contributed by atoms with Crippen LogP contribution in [0.4, 0.5) is 0 Å². The van der Waals surface area contributed by atoms with E-state index >= 15 is 0 Å². The van der Waals surface area contributed by atoms with Crippen LogP contribution in [0.5, 0.6) is 11.5 Å². The molecule has 3 aromatic rings. The van der Waals surface area contributed by atoms with E-state index in [2.05, 4.69) is 4.98 Å². The summed E-state index contributed by atoms with van der Waals surface area (Å²) < 4.78 is 34.7. The summed E-state index contributed by atoms with van der Waals surface area (Å²) in [6.07, 6.45) is -0.578. The van der Waals surface area contributed by atoms with Crippen LogP contribution in [0.3, 0.4) is 0 Å². The number of carboxylic acid groups (broad SMARTS) is 1. The number of aryl methyl sites for hydroxylation is 1. The third kappa shape index (κ3) is 7.34. The molecule has 39 heavy (non-hydrogen) atoms. The second-order valence-electron chi connectivity index (χ2n) is 9.42. The zero-order valence-electron chi connectivity index (χ0n) is 22.3. The number of nitrogens with two attached hydrogens (primary N) is 1. The number of nitrogens with zero attached hydrogens (tertiary/aromatic N) is 2. The molecule has 0 radical (unpaired) electrons. The molecule has 1 aromatic heterocycles. The molecule has 1 unspecified atom stereocenters. The Balaban J connectivity index is 2.01. The second kappa shape index (κ2) is 12.6. The van der Waals surface area contributed by atoms with Crippen molar-refractivity contribution in [1.82, 2.24) is 9.29 Å². The predicted molar refractivity (Wildman–Crippen MR) is 150 cm³/mol. The van der Waals surface area contributed by atoms with Crippen molar-refractivity contribution in [3.8, 4) is 11.5 Å². The van der Waals surface area contributed by atoms with Crippen molar-refractivity contribution < 1.29 is 28.2 Å². The molecule has 0 aliphatic carbocycles. The highest BCUT2D eigenvalue weighted by atomic mass is 32.2. The number of aromatic nitrogens is 1. The average molecular weight is 575 g/mol. The molecule has 10 nitrogen and oxygen atoms in total. The molecule has 0 aliphatic heterocycles. The van der Waals surface area contributed by atoms with Gasteiger partial charge in [0, 0.05) is 17.5 Å². The Kier molecular flexibility index (Phi) is 9.70. The van der Waals surface area contributed by atoms with E-state index in [0.29, 0.717) is 17.0 Å². The van der Waals surface area contributed by atoms with Crippen LogP contribution in [-0.4, -0.2) is 52.4 Å². The molecule has 0 bridgehead atoms. The molecule has 5 N–H and O–H groups in total. The number of nitrogen functional groups attached to an aromatic ring is 1. The normalized spacial score (nSPS) is 12.6. The van der Waals surface area contributed by atoms with Gasteiger partial charge in [-0.05, 0) is 61.1 Å². The van der Waals surface area contributed by atoms with E-state index in [4.69, 9.17) is 15.9 Å². The van der Waals surface area contributed by atoms with Crippen LogP contribution in [-0.2, 0) is 27.8 Å². The van der Waals surface area contributed by atoms with Gasteiger partial charge < -0.3 is 20.7 Å². The highest BCUT2D eigenvalue weighted by Crippen LogP contribution is 2.31. The lowest BCUT2D eigenvalue weighted by molar-refractivity contribution is -0.145. The fourth-order valence-corrected chi connectivity index (χ4v) is 6.05. The Morgan fingerprint density at radius 3 is 2.51 bits per heavy atom. The molecular formula is C27H34N4O6S2. The summed E-state index contributed by atoms with van der Waals surface area (Å²) in [7, 11) is -4.26. The summed E-state index contributed by atoms with van der Waals surface area (Å²) in [6, 6.07) is 9.29. The minimum Gasteiger partial charge on any atom is -0.507 e. The number of hydrogen-bond acceptors (Lipinski definition) is 8. The second-order valence-corrected chi connectivity index (χ2v) is 12.4. The molecule has 12 heteroatoms. The van der Waals surface area contributed by atoms with E-state index in [1.807, 2.05) is 32.9 Å². The number of aliphatic carboxylic acids is 1. The smallest absolute Gasteiger partial charge is 0.344 e. The Morgan fingerprint density at radius 2 is 1.95 bits per heavy atom. The number of thiazole rings is 1. The molecule has 2 aromatic carbocycles. The van der Waals surface area contributed by atoms with Crippen molar-refractivity contribution in [1.29, 1.82) is 5.41 Å². The van der Waals surface area contributed by atoms with Crippen molar-refractivity contribution in [2.45, 2.75) is 64.0 Å². The lowest BCUT2D eigenvalue weighted by Crippen LogP contribution is -2.33. The summed E-state index contributed by atoms with van der Waals surface area (Å²) in [6.45, 7) is 7.50. The van der Waals surface area contributed by atoms with Crippen LogP contribution in [0.25, 0.3) is 0 Å². The number of benzene rings is 2. The Bertz CT molecular complexity index is 1450. The Hall–Kier alpha value is -3.48. The van der Waals surface area contributed by atoms with Crippen LogP contribution in [0.1, 0.15) is 60.5 Å². The zero-order chi connectivity index (χ0) is 28.9. The van der Waals surface area contributed by atoms with Gasteiger partial charge in [-0.15, -0.1) is 11.3 Å². The van der Waals surface area contributed by atoms with Gasteiger partial charge in [-0.2, -0.15) is 4.31 Å². The molecule has 1 atom stereocenters. The van der Waals surface area contributed by atoms with Gasteiger partial charge in [-0.1, -0.05) is 32.9 Å². The summed E-state index contributed by atoms with van der Waals surface area (Å²) in [5.74, 6) is -1.31. The highest BCUT2D eigenvalue weighted by Gasteiger charge is 2.29. The first-order valence-corrected chi connectivity index (χ1v) is 14.8. The number of aromatic hydroxyl groups is 1. The maximum absolute atomic E-state index is 13.8. The van der Waals surface area contributed by atoms with Gasteiger partial charge in [0.05, 0.1) is 17.2 Å². The van der Waals surface area contributed by atoms with E-state index in [0.717, 1.165) is 10.6 Å². The quantitative estimate of drug-likeness (QED) is 0.174. The summed E-state index contributed by atoms with van der Waals surface area (Å²) >= 11 is 1.39.